The molecule has 7 heteroatoms. The van der Waals surface area contributed by atoms with Crippen molar-refractivity contribution in [2.75, 3.05) is 20.2 Å². The molecular formula is C22H22FN5O. The van der Waals surface area contributed by atoms with Gasteiger partial charge in [-0.25, -0.2) is 4.39 Å². The van der Waals surface area contributed by atoms with Crippen LogP contribution in [0.3, 0.4) is 0 Å². The van der Waals surface area contributed by atoms with Crippen molar-refractivity contribution >= 4 is 0 Å². The molecule has 0 bridgehead atoms. The first-order chi connectivity index (χ1) is 13.8. The lowest BCUT2D eigenvalue weighted by Crippen LogP contribution is -2.49. The summed E-state index contributed by atoms with van der Waals surface area (Å²) in [6.45, 7) is 5.18. The summed E-state index contributed by atoms with van der Waals surface area (Å²) in [6, 6.07) is 10.6. The summed E-state index contributed by atoms with van der Waals surface area (Å²) < 4.78 is 20.2. The van der Waals surface area contributed by atoms with Gasteiger partial charge in [-0.2, -0.15) is 15.8 Å². The quantitative estimate of drug-likeness (QED) is 0.848. The minimum atomic E-state index is -1.86. The molecular weight excluding hydrogens is 369 g/mol. The first-order valence-corrected chi connectivity index (χ1v) is 9.35. The number of rotatable bonds is 3. The van der Waals surface area contributed by atoms with E-state index in [0.717, 1.165) is 0 Å². The fourth-order valence-corrected chi connectivity index (χ4v) is 4.36. The van der Waals surface area contributed by atoms with Crippen LogP contribution in [0.25, 0.3) is 0 Å². The number of hydrogen-bond donors (Lipinski definition) is 1. The Kier molecular flexibility index (Phi) is 5.33. The number of allylic oxidation sites excluding steroid dienone is 2. The second kappa shape index (κ2) is 7.59. The van der Waals surface area contributed by atoms with Crippen molar-refractivity contribution in [2.45, 2.75) is 25.8 Å². The van der Waals surface area contributed by atoms with E-state index in [-0.39, 0.29) is 22.9 Å². The molecule has 0 aromatic heterocycles. The molecule has 148 valence electrons. The molecule has 3 rings (SSSR count). The number of nitrogens with two attached hydrogens (primary N) is 1. The molecule has 1 aliphatic heterocycles. The van der Waals surface area contributed by atoms with Gasteiger partial charge in [-0.15, -0.1) is 0 Å². The number of ether oxygens (including phenoxy) is 1. The van der Waals surface area contributed by atoms with Gasteiger partial charge in [0.1, 0.15) is 17.6 Å². The Balaban J connectivity index is 2.35. The Morgan fingerprint density at radius 1 is 1.28 bits per heavy atom. The van der Waals surface area contributed by atoms with Gasteiger partial charge >= 0.3 is 0 Å². The number of benzene rings is 1. The van der Waals surface area contributed by atoms with Gasteiger partial charge in [0.05, 0.1) is 30.5 Å². The third-order valence-electron chi connectivity index (χ3n) is 5.96. The lowest BCUT2D eigenvalue weighted by Gasteiger charge is -2.46. The highest BCUT2D eigenvalue weighted by Crippen LogP contribution is 2.55. The van der Waals surface area contributed by atoms with Gasteiger partial charge in [-0.1, -0.05) is 6.08 Å². The zero-order chi connectivity index (χ0) is 21.3. The van der Waals surface area contributed by atoms with Crippen LogP contribution in [0.1, 0.15) is 25.3 Å². The van der Waals surface area contributed by atoms with Crippen molar-refractivity contribution in [1.82, 2.24) is 4.90 Å². The molecule has 1 aliphatic carbocycles. The highest BCUT2D eigenvalue weighted by molar-refractivity contribution is 5.59. The molecule has 0 saturated carbocycles. The Morgan fingerprint density at radius 3 is 2.52 bits per heavy atom. The molecule has 0 amide bonds. The molecule has 2 aliphatic rings. The van der Waals surface area contributed by atoms with Crippen LogP contribution in [0, 0.1) is 51.1 Å². The number of halogens is 1. The van der Waals surface area contributed by atoms with Crippen LogP contribution < -0.4 is 10.5 Å². The normalized spacial score (nSPS) is 23.4. The van der Waals surface area contributed by atoms with E-state index in [1.54, 1.807) is 0 Å². The smallest absolute Gasteiger partial charge is 0.191 e. The van der Waals surface area contributed by atoms with E-state index in [9.17, 15) is 20.2 Å². The van der Waals surface area contributed by atoms with Crippen LogP contribution in [-0.2, 0) is 0 Å². The van der Waals surface area contributed by atoms with E-state index in [2.05, 4.69) is 11.0 Å². The average Bonchev–Trinajstić information content (AvgIpc) is 2.73. The molecule has 2 unspecified atom stereocenters. The Morgan fingerprint density at radius 2 is 1.97 bits per heavy atom. The standard InChI is InChI=1S/C22H22FN5O/c1-13(2)28-7-6-15-17(9-24)21(27)22(11-25,12-26)20(18(15)10-28)16-8-14(29-3)4-5-19(16)23/h4-6,8,13,18,20H,7,10,27H2,1-3H3. The fraction of sp³-hybridized carbons (Fsp3) is 0.409. The predicted molar refractivity (Wildman–Crippen MR) is 104 cm³/mol. The Bertz CT molecular complexity index is 1010. The van der Waals surface area contributed by atoms with Gasteiger partial charge in [0, 0.05) is 31.0 Å². The molecule has 6 nitrogen and oxygen atoms in total. The summed E-state index contributed by atoms with van der Waals surface area (Å²) in [7, 11) is 1.47. The average molecular weight is 391 g/mol. The molecule has 2 N–H and O–H groups in total. The van der Waals surface area contributed by atoms with Gasteiger partial charge in [0.15, 0.2) is 5.41 Å². The van der Waals surface area contributed by atoms with E-state index in [4.69, 9.17) is 10.5 Å². The largest absolute Gasteiger partial charge is 0.497 e. The van der Waals surface area contributed by atoms with Crippen molar-refractivity contribution in [3.8, 4) is 24.0 Å². The van der Waals surface area contributed by atoms with Crippen molar-refractivity contribution in [2.24, 2.45) is 17.1 Å². The van der Waals surface area contributed by atoms with Crippen LogP contribution in [-0.4, -0.2) is 31.1 Å². The summed E-state index contributed by atoms with van der Waals surface area (Å²) >= 11 is 0. The van der Waals surface area contributed by atoms with E-state index < -0.39 is 23.1 Å². The van der Waals surface area contributed by atoms with E-state index >= 15 is 0 Å². The first-order valence-electron chi connectivity index (χ1n) is 9.35. The highest BCUT2D eigenvalue weighted by Gasteiger charge is 2.55. The van der Waals surface area contributed by atoms with Gasteiger partial charge in [0.25, 0.3) is 0 Å². The van der Waals surface area contributed by atoms with E-state index in [1.807, 2.05) is 32.1 Å². The Hall–Kier alpha value is -3.34. The van der Waals surface area contributed by atoms with Crippen LogP contribution in [0.2, 0.25) is 0 Å². The monoisotopic (exact) mass is 391 g/mol. The summed E-state index contributed by atoms with van der Waals surface area (Å²) in [6.07, 6.45) is 1.91. The predicted octanol–water partition coefficient (Wildman–Crippen LogP) is 2.97. The summed E-state index contributed by atoms with van der Waals surface area (Å²) in [5.41, 5.74) is 5.29. The zero-order valence-electron chi connectivity index (χ0n) is 16.6. The molecule has 29 heavy (non-hydrogen) atoms. The summed E-state index contributed by atoms with van der Waals surface area (Å²) in [4.78, 5) is 2.16. The summed E-state index contributed by atoms with van der Waals surface area (Å²) in [5, 5.41) is 29.9. The maximum absolute atomic E-state index is 15.0. The molecule has 0 fully saturated rings. The lowest BCUT2D eigenvalue weighted by atomic mass is 9.58. The Labute approximate surface area is 169 Å². The van der Waals surface area contributed by atoms with Crippen molar-refractivity contribution in [1.29, 1.82) is 15.8 Å². The zero-order valence-corrected chi connectivity index (χ0v) is 16.6. The second-order valence-electron chi connectivity index (χ2n) is 7.61. The van der Waals surface area contributed by atoms with Gasteiger partial charge in [-0.05, 0) is 43.2 Å². The van der Waals surface area contributed by atoms with Crippen LogP contribution in [0.4, 0.5) is 4.39 Å². The van der Waals surface area contributed by atoms with Crippen molar-refractivity contribution < 1.29 is 9.13 Å². The van der Waals surface area contributed by atoms with E-state index in [0.29, 0.717) is 24.4 Å². The maximum atomic E-state index is 15.0. The van der Waals surface area contributed by atoms with Crippen molar-refractivity contribution in [3.05, 3.63) is 52.5 Å². The van der Waals surface area contributed by atoms with E-state index in [1.165, 1.54) is 25.3 Å². The van der Waals surface area contributed by atoms with Crippen molar-refractivity contribution in [3.63, 3.8) is 0 Å². The molecule has 0 radical (unpaired) electrons. The molecule has 0 spiro atoms. The minimum Gasteiger partial charge on any atom is -0.497 e. The lowest BCUT2D eigenvalue weighted by molar-refractivity contribution is 0.172. The van der Waals surface area contributed by atoms with Gasteiger partial charge < -0.3 is 10.5 Å². The molecule has 2 atom stereocenters. The van der Waals surface area contributed by atoms with Crippen LogP contribution in [0.5, 0.6) is 5.75 Å². The first kappa shape index (κ1) is 20.4. The van der Waals surface area contributed by atoms with Crippen LogP contribution in [0.15, 0.2) is 41.1 Å². The number of nitriles is 3. The molecule has 1 heterocycles. The topological polar surface area (TPSA) is 110 Å². The second-order valence-corrected chi connectivity index (χ2v) is 7.61. The van der Waals surface area contributed by atoms with Gasteiger partial charge in [-0.3, -0.25) is 4.90 Å². The SMILES string of the molecule is COc1ccc(F)c(C2C3CN(C(C)C)CC=C3C(C#N)=C(N)C2(C#N)C#N)c1. The summed E-state index contributed by atoms with van der Waals surface area (Å²) in [5.74, 6) is -1.44. The highest BCUT2D eigenvalue weighted by atomic mass is 19.1. The maximum Gasteiger partial charge on any atom is 0.191 e. The number of fused-ring (bicyclic) bond motifs is 1. The molecule has 1 aromatic rings. The molecule has 0 saturated heterocycles. The van der Waals surface area contributed by atoms with Crippen LogP contribution >= 0.6 is 0 Å². The third kappa shape index (κ3) is 3.03. The number of methoxy groups -OCH3 is 1. The number of nitrogens with zero attached hydrogens (tertiary/aromatic N) is 4. The third-order valence-corrected chi connectivity index (χ3v) is 5.96. The molecule has 1 aromatic carbocycles. The van der Waals surface area contributed by atoms with Gasteiger partial charge in [0.2, 0.25) is 0 Å². The minimum absolute atomic E-state index is 0.113. The fourth-order valence-electron chi connectivity index (χ4n) is 4.36. The number of hydrogen-bond acceptors (Lipinski definition) is 6.